The molecule has 122 valence electrons. The van der Waals surface area contributed by atoms with Crippen molar-refractivity contribution in [1.29, 1.82) is 0 Å². The Morgan fingerprint density at radius 2 is 1.80 bits per heavy atom. The molecule has 2 aromatic carbocycles. The van der Waals surface area contributed by atoms with Crippen LogP contribution in [-0.2, 0) is 6.42 Å². The number of hydrogen-bond acceptors (Lipinski definition) is 3. The second-order valence-corrected chi connectivity index (χ2v) is 6.46. The summed E-state index contributed by atoms with van der Waals surface area (Å²) in [5, 5.41) is 1.77. The van der Waals surface area contributed by atoms with E-state index in [9.17, 15) is 0 Å². The largest absolute Gasteiger partial charge is 0.249 e. The third-order valence-electron chi connectivity index (χ3n) is 4.18. The molecule has 0 unspecified atom stereocenters. The highest BCUT2D eigenvalue weighted by Crippen LogP contribution is 2.21. The predicted octanol–water partition coefficient (Wildman–Crippen LogP) is 5.24. The molecule has 4 rings (SSSR count). The summed E-state index contributed by atoms with van der Waals surface area (Å²) < 4.78 is 0. The summed E-state index contributed by atoms with van der Waals surface area (Å²) in [5.74, 6) is 0.644. The third-order valence-corrected chi connectivity index (χ3v) is 4.42. The highest BCUT2D eigenvalue weighted by atomic mass is 35.5. The van der Waals surface area contributed by atoms with Crippen molar-refractivity contribution in [3.05, 3.63) is 88.7 Å². The number of halogens is 1. The molecule has 0 aliphatic heterocycles. The second kappa shape index (κ2) is 6.61. The SMILES string of the molecule is Cc1ccc(-c2ncc3ccccc3n2)nc1Cc1cccc(Cl)c1. The maximum Gasteiger partial charge on any atom is 0.178 e. The van der Waals surface area contributed by atoms with Gasteiger partial charge in [-0.25, -0.2) is 15.0 Å². The maximum absolute atomic E-state index is 6.09. The van der Waals surface area contributed by atoms with Crippen LogP contribution in [0.2, 0.25) is 5.02 Å². The van der Waals surface area contributed by atoms with Gasteiger partial charge in [0.2, 0.25) is 0 Å². The Morgan fingerprint density at radius 3 is 2.68 bits per heavy atom. The van der Waals surface area contributed by atoms with Gasteiger partial charge in [0.25, 0.3) is 0 Å². The molecule has 4 heteroatoms. The van der Waals surface area contributed by atoms with Gasteiger partial charge in [-0.3, -0.25) is 0 Å². The van der Waals surface area contributed by atoms with E-state index in [-0.39, 0.29) is 0 Å². The monoisotopic (exact) mass is 345 g/mol. The summed E-state index contributed by atoms with van der Waals surface area (Å²) in [6.45, 7) is 2.07. The molecule has 0 N–H and O–H groups in total. The summed E-state index contributed by atoms with van der Waals surface area (Å²) in [6, 6.07) is 19.9. The van der Waals surface area contributed by atoms with Crippen molar-refractivity contribution in [2.45, 2.75) is 13.3 Å². The molecule has 2 heterocycles. The first-order valence-electron chi connectivity index (χ1n) is 8.12. The van der Waals surface area contributed by atoms with E-state index in [1.54, 1.807) is 0 Å². The van der Waals surface area contributed by atoms with Crippen molar-refractivity contribution in [2.75, 3.05) is 0 Å². The summed E-state index contributed by atoms with van der Waals surface area (Å²) in [5.41, 5.74) is 5.00. The van der Waals surface area contributed by atoms with E-state index in [0.29, 0.717) is 5.82 Å². The predicted molar refractivity (Wildman–Crippen MR) is 102 cm³/mol. The van der Waals surface area contributed by atoms with E-state index in [4.69, 9.17) is 16.6 Å². The van der Waals surface area contributed by atoms with Crippen LogP contribution in [0.4, 0.5) is 0 Å². The van der Waals surface area contributed by atoms with E-state index < -0.39 is 0 Å². The zero-order valence-electron chi connectivity index (χ0n) is 13.8. The van der Waals surface area contributed by atoms with Crippen LogP contribution in [0.1, 0.15) is 16.8 Å². The smallest absolute Gasteiger partial charge is 0.178 e. The normalized spacial score (nSPS) is 11.0. The molecule has 0 saturated carbocycles. The maximum atomic E-state index is 6.09. The van der Waals surface area contributed by atoms with Crippen molar-refractivity contribution >= 4 is 22.5 Å². The lowest BCUT2D eigenvalue weighted by Crippen LogP contribution is -2.00. The molecule has 0 radical (unpaired) electrons. The quantitative estimate of drug-likeness (QED) is 0.509. The Kier molecular flexibility index (Phi) is 4.16. The molecule has 0 aliphatic carbocycles. The molecular formula is C21H16ClN3. The standard InChI is InChI=1S/C21H16ClN3/c1-14-9-10-19(21-23-13-16-6-2-3-8-18(16)25-21)24-20(14)12-15-5-4-7-17(22)11-15/h2-11,13H,12H2,1H3. The number of nitrogens with zero attached hydrogens (tertiary/aromatic N) is 3. The van der Waals surface area contributed by atoms with Crippen molar-refractivity contribution in [1.82, 2.24) is 15.0 Å². The lowest BCUT2D eigenvalue weighted by Gasteiger charge is -2.08. The van der Waals surface area contributed by atoms with Crippen LogP contribution >= 0.6 is 11.6 Å². The van der Waals surface area contributed by atoms with Crippen LogP contribution in [0.25, 0.3) is 22.4 Å². The fourth-order valence-corrected chi connectivity index (χ4v) is 3.02. The van der Waals surface area contributed by atoms with Crippen LogP contribution in [0.15, 0.2) is 66.9 Å². The van der Waals surface area contributed by atoms with Crippen molar-refractivity contribution < 1.29 is 0 Å². The van der Waals surface area contributed by atoms with Crippen LogP contribution in [-0.4, -0.2) is 15.0 Å². The van der Waals surface area contributed by atoms with Crippen LogP contribution in [0.3, 0.4) is 0 Å². The number of benzene rings is 2. The van der Waals surface area contributed by atoms with E-state index >= 15 is 0 Å². The van der Waals surface area contributed by atoms with E-state index in [1.807, 2.05) is 54.7 Å². The van der Waals surface area contributed by atoms with Gasteiger partial charge in [-0.05, 0) is 42.3 Å². The first-order valence-corrected chi connectivity index (χ1v) is 8.50. The molecule has 0 aliphatic rings. The van der Waals surface area contributed by atoms with Gasteiger partial charge in [0.05, 0.1) is 5.52 Å². The molecular weight excluding hydrogens is 330 g/mol. The number of rotatable bonds is 3. The summed E-state index contributed by atoms with van der Waals surface area (Å²) >= 11 is 6.09. The topological polar surface area (TPSA) is 38.7 Å². The van der Waals surface area contributed by atoms with Crippen molar-refractivity contribution in [2.24, 2.45) is 0 Å². The lowest BCUT2D eigenvalue weighted by atomic mass is 10.1. The fourth-order valence-electron chi connectivity index (χ4n) is 2.81. The molecule has 0 amide bonds. The molecule has 4 aromatic rings. The Hall–Kier alpha value is -2.78. The Bertz CT molecular complexity index is 1060. The van der Waals surface area contributed by atoms with Gasteiger partial charge in [0.1, 0.15) is 5.69 Å². The molecule has 0 spiro atoms. The summed E-state index contributed by atoms with van der Waals surface area (Å²) in [6.07, 6.45) is 2.57. The van der Waals surface area contributed by atoms with Gasteiger partial charge >= 0.3 is 0 Å². The van der Waals surface area contributed by atoms with Crippen LogP contribution < -0.4 is 0 Å². The average Bonchev–Trinajstić information content (AvgIpc) is 2.63. The minimum absolute atomic E-state index is 0.644. The number of para-hydroxylation sites is 1. The Morgan fingerprint density at radius 1 is 0.920 bits per heavy atom. The first kappa shape index (κ1) is 15.7. The second-order valence-electron chi connectivity index (χ2n) is 6.02. The summed E-state index contributed by atoms with van der Waals surface area (Å²) in [4.78, 5) is 13.9. The minimum Gasteiger partial charge on any atom is -0.249 e. The number of aromatic nitrogens is 3. The lowest BCUT2D eigenvalue weighted by molar-refractivity contribution is 1.03. The van der Waals surface area contributed by atoms with E-state index in [0.717, 1.165) is 44.9 Å². The van der Waals surface area contributed by atoms with Crippen molar-refractivity contribution in [3.8, 4) is 11.5 Å². The van der Waals surface area contributed by atoms with E-state index in [2.05, 4.69) is 29.0 Å². The molecule has 2 aromatic heterocycles. The molecule has 3 nitrogen and oxygen atoms in total. The number of aryl methyl sites for hydroxylation is 1. The van der Waals surface area contributed by atoms with Crippen LogP contribution in [0, 0.1) is 6.92 Å². The molecule has 25 heavy (non-hydrogen) atoms. The average molecular weight is 346 g/mol. The number of pyridine rings is 1. The molecule has 0 saturated heterocycles. The number of fused-ring (bicyclic) bond motifs is 1. The van der Waals surface area contributed by atoms with Gasteiger partial charge in [0.15, 0.2) is 5.82 Å². The Balaban J connectivity index is 1.73. The highest BCUT2D eigenvalue weighted by molar-refractivity contribution is 6.30. The zero-order chi connectivity index (χ0) is 17.2. The number of hydrogen-bond donors (Lipinski definition) is 0. The van der Waals surface area contributed by atoms with Gasteiger partial charge in [-0.2, -0.15) is 0 Å². The molecule has 0 fully saturated rings. The van der Waals surface area contributed by atoms with Gasteiger partial charge in [-0.15, -0.1) is 0 Å². The van der Waals surface area contributed by atoms with Crippen molar-refractivity contribution in [3.63, 3.8) is 0 Å². The first-order chi connectivity index (χ1) is 12.2. The van der Waals surface area contributed by atoms with Gasteiger partial charge in [-0.1, -0.05) is 48.0 Å². The highest BCUT2D eigenvalue weighted by Gasteiger charge is 2.09. The van der Waals surface area contributed by atoms with E-state index in [1.165, 1.54) is 0 Å². The van der Waals surface area contributed by atoms with Gasteiger partial charge < -0.3 is 0 Å². The Labute approximate surface area is 151 Å². The molecule has 0 bridgehead atoms. The van der Waals surface area contributed by atoms with Gasteiger partial charge in [0, 0.05) is 28.7 Å². The summed E-state index contributed by atoms with van der Waals surface area (Å²) in [7, 11) is 0. The third kappa shape index (κ3) is 3.37. The molecule has 0 atom stereocenters. The fraction of sp³-hybridized carbons (Fsp3) is 0.0952. The van der Waals surface area contributed by atoms with Crippen LogP contribution in [0.5, 0.6) is 0 Å². The zero-order valence-corrected chi connectivity index (χ0v) is 14.5. The minimum atomic E-state index is 0.644.